The fraction of sp³-hybridized carbons (Fsp3) is 0.571. The number of hydrogen-bond donors (Lipinski definition) is 0. The quantitative estimate of drug-likeness (QED) is 0.366. The third-order valence-electron chi connectivity index (χ3n) is 0.742. The zero-order chi connectivity index (χ0) is 6.62. The van der Waals surface area contributed by atoms with E-state index in [0.717, 1.165) is 6.29 Å². The molecule has 0 aliphatic carbocycles. The maximum absolute atomic E-state index is 10.1. The molecule has 0 bridgehead atoms. The van der Waals surface area contributed by atoms with E-state index in [0.29, 0.717) is 0 Å². The molecule has 0 saturated carbocycles. The normalized spacial score (nSPS) is 9.38. The molecule has 0 fully saturated rings. The van der Waals surface area contributed by atoms with Gasteiger partial charge >= 0.3 is 0 Å². The van der Waals surface area contributed by atoms with Gasteiger partial charge in [0.1, 0.15) is 6.29 Å². The van der Waals surface area contributed by atoms with Gasteiger partial charge in [-0.1, -0.05) is 5.92 Å². The first-order chi connectivity index (χ1) is 3.62. The van der Waals surface area contributed by atoms with Crippen LogP contribution in [0.5, 0.6) is 0 Å². The van der Waals surface area contributed by atoms with Gasteiger partial charge in [-0.15, -0.1) is 5.92 Å². The SMILES string of the molecule is CC#CC(C)(C)C=O. The number of rotatable bonds is 1. The first-order valence-electron chi connectivity index (χ1n) is 2.52. The molecule has 1 nitrogen and oxygen atoms in total. The van der Waals surface area contributed by atoms with Crippen LogP contribution in [-0.4, -0.2) is 6.29 Å². The maximum atomic E-state index is 10.1. The van der Waals surface area contributed by atoms with Crippen molar-refractivity contribution >= 4 is 6.29 Å². The third-order valence-corrected chi connectivity index (χ3v) is 0.742. The van der Waals surface area contributed by atoms with Crippen molar-refractivity contribution in [3.63, 3.8) is 0 Å². The van der Waals surface area contributed by atoms with Crippen LogP contribution >= 0.6 is 0 Å². The lowest BCUT2D eigenvalue weighted by Crippen LogP contribution is -2.08. The first-order valence-corrected chi connectivity index (χ1v) is 2.52. The second kappa shape index (κ2) is 2.52. The minimum atomic E-state index is -0.450. The Labute approximate surface area is 50.1 Å². The number of carbonyl (C=O) groups excluding carboxylic acids is 1. The molecule has 44 valence electrons. The summed E-state index contributed by atoms with van der Waals surface area (Å²) in [7, 11) is 0. The molecule has 0 aliphatic heterocycles. The highest BCUT2D eigenvalue weighted by Gasteiger charge is 2.10. The molecule has 1 heteroatoms. The summed E-state index contributed by atoms with van der Waals surface area (Å²) in [6, 6.07) is 0. The number of hydrogen-bond acceptors (Lipinski definition) is 1. The van der Waals surface area contributed by atoms with Crippen LogP contribution in [0.4, 0.5) is 0 Å². The largest absolute Gasteiger partial charge is 0.302 e. The summed E-state index contributed by atoms with van der Waals surface area (Å²) in [4.78, 5) is 10.1. The number of carbonyl (C=O) groups is 1. The van der Waals surface area contributed by atoms with Crippen LogP contribution < -0.4 is 0 Å². The maximum Gasteiger partial charge on any atom is 0.137 e. The van der Waals surface area contributed by atoms with Crippen molar-refractivity contribution in [1.82, 2.24) is 0 Å². The van der Waals surface area contributed by atoms with Gasteiger partial charge in [0.15, 0.2) is 0 Å². The van der Waals surface area contributed by atoms with E-state index in [9.17, 15) is 4.79 Å². The van der Waals surface area contributed by atoms with Gasteiger partial charge in [-0.3, -0.25) is 0 Å². The molecule has 0 aromatic heterocycles. The summed E-state index contributed by atoms with van der Waals surface area (Å²) in [5.41, 5.74) is -0.450. The van der Waals surface area contributed by atoms with E-state index in [-0.39, 0.29) is 0 Å². The number of aldehydes is 1. The van der Waals surface area contributed by atoms with Crippen LogP contribution in [-0.2, 0) is 4.79 Å². The smallest absolute Gasteiger partial charge is 0.137 e. The predicted molar refractivity (Wildman–Crippen MR) is 33.3 cm³/mol. The minimum Gasteiger partial charge on any atom is -0.302 e. The van der Waals surface area contributed by atoms with Crippen LogP contribution in [0, 0.1) is 17.3 Å². The Morgan fingerprint density at radius 3 is 2.12 bits per heavy atom. The molecule has 8 heavy (non-hydrogen) atoms. The molecule has 0 aliphatic rings. The molecule has 0 heterocycles. The van der Waals surface area contributed by atoms with E-state index in [1.807, 2.05) is 0 Å². The Hall–Kier alpha value is -0.770. The first kappa shape index (κ1) is 7.23. The third kappa shape index (κ3) is 2.41. The molecule has 0 spiro atoms. The molecule has 0 N–H and O–H groups in total. The Balaban J connectivity index is 4.05. The van der Waals surface area contributed by atoms with Crippen LogP contribution in [0.25, 0.3) is 0 Å². The molecular weight excluding hydrogens is 100 g/mol. The second-order valence-electron chi connectivity index (χ2n) is 2.21. The molecular formula is C7H10O. The second-order valence-corrected chi connectivity index (χ2v) is 2.21. The van der Waals surface area contributed by atoms with Gasteiger partial charge in [-0.2, -0.15) is 0 Å². The standard InChI is InChI=1S/C7H10O/c1-4-5-7(2,3)6-8/h6H,1-3H3. The van der Waals surface area contributed by atoms with E-state index < -0.39 is 5.41 Å². The van der Waals surface area contributed by atoms with E-state index in [2.05, 4.69) is 11.8 Å². The summed E-state index contributed by atoms with van der Waals surface area (Å²) in [6.45, 7) is 5.30. The van der Waals surface area contributed by atoms with Crippen LogP contribution in [0.1, 0.15) is 20.8 Å². The van der Waals surface area contributed by atoms with E-state index in [1.54, 1.807) is 20.8 Å². The highest BCUT2D eigenvalue weighted by Crippen LogP contribution is 2.06. The fourth-order valence-electron chi connectivity index (χ4n) is 0.352. The lowest BCUT2D eigenvalue weighted by atomic mass is 9.97. The summed E-state index contributed by atoms with van der Waals surface area (Å²) in [5, 5.41) is 0. The van der Waals surface area contributed by atoms with E-state index >= 15 is 0 Å². The van der Waals surface area contributed by atoms with Crippen LogP contribution in [0.3, 0.4) is 0 Å². The van der Waals surface area contributed by atoms with Crippen molar-refractivity contribution in [3.8, 4) is 11.8 Å². The minimum absolute atomic E-state index is 0.450. The van der Waals surface area contributed by atoms with Crippen LogP contribution in [0.15, 0.2) is 0 Å². The molecule has 0 aromatic carbocycles. The van der Waals surface area contributed by atoms with Gasteiger partial charge in [-0.25, -0.2) is 0 Å². The van der Waals surface area contributed by atoms with Gasteiger partial charge < -0.3 is 4.79 Å². The van der Waals surface area contributed by atoms with Crippen molar-refractivity contribution in [3.05, 3.63) is 0 Å². The average Bonchev–Trinajstić information content (AvgIpc) is 1.67. The Morgan fingerprint density at radius 1 is 1.50 bits per heavy atom. The molecule has 0 rings (SSSR count). The Bertz CT molecular complexity index is 134. The monoisotopic (exact) mass is 110 g/mol. The summed E-state index contributed by atoms with van der Waals surface area (Å²) in [5.74, 6) is 5.43. The Morgan fingerprint density at radius 2 is 2.00 bits per heavy atom. The van der Waals surface area contributed by atoms with Gasteiger partial charge in [0, 0.05) is 0 Å². The van der Waals surface area contributed by atoms with Crippen molar-refractivity contribution in [2.24, 2.45) is 5.41 Å². The highest BCUT2D eigenvalue weighted by molar-refractivity contribution is 5.63. The molecule has 0 atom stereocenters. The van der Waals surface area contributed by atoms with Gasteiger partial charge in [0.2, 0.25) is 0 Å². The van der Waals surface area contributed by atoms with Gasteiger partial charge in [0.05, 0.1) is 5.41 Å². The average molecular weight is 110 g/mol. The summed E-state index contributed by atoms with van der Waals surface area (Å²) >= 11 is 0. The zero-order valence-corrected chi connectivity index (χ0v) is 5.49. The summed E-state index contributed by atoms with van der Waals surface area (Å²) < 4.78 is 0. The topological polar surface area (TPSA) is 17.1 Å². The van der Waals surface area contributed by atoms with Gasteiger partial charge in [0.25, 0.3) is 0 Å². The van der Waals surface area contributed by atoms with Gasteiger partial charge in [-0.05, 0) is 20.8 Å². The highest BCUT2D eigenvalue weighted by atomic mass is 16.1. The van der Waals surface area contributed by atoms with Crippen molar-refractivity contribution < 1.29 is 4.79 Å². The molecule has 0 saturated heterocycles. The van der Waals surface area contributed by atoms with Crippen LogP contribution in [0.2, 0.25) is 0 Å². The van der Waals surface area contributed by atoms with Crippen molar-refractivity contribution in [2.75, 3.05) is 0 Å². The Kier molecular flexibility index (Phi) is 2.27. The van der Waals surface area contributed by atoms with Crippen molar-refractivity contribution in [2.45, 2.75) is 20.8 Å². The van der Waals surface area contributed by atoms with E-state index in [4.69, 9.17) is 0 Å². The van der Waals surface area contributed by atoms with Crippen molar-refractivity contribution in [1.29, 1.82) is 0 Å². The molecule has 0 amide bonds. The zero-order valence-electron chi connectivity index (χ0n) is 5.49. The predicted octanol–water partition coefficient (Wildman–Crippen LogP) is 1.23. The fourth-order valence-corrected chi connectivity index (χ4v) is 0.352. The molecule has 0 aromatic rings. The summed E-state index contributed by atoms with van der Waals surface area (Å²) in [6.07, 6.45) is 0.851. The molecule has 0 unspecified atom stereocenters. The lowest BCUT2D eigenvalue weighted by molar-refractivity contribution is -0.112. The van der Waals surface area contributed by atoms with E-state index in [1.165, 1.54) is 0 Å². The molecule has 0 radical (unpaired) electrons. The lowest BCUT2D eigenvalue weighted by Gasteiger charge is -2.03.